The maximum absolute atomic E-state index is 11.2. The van der Waals surface area contributed by atoms with Gasteiger partial charge in [0, 0.05) is 10.7 Å². The van der Waals surface area contributed by atoms with Crippen molar-refractivity contribution in [3.8, 4) is 11.5 Å². The summed E-state index contributed by atoms with van der Waals surface area (Å²) in [4.78, 5) is 19.6. The second-order valence-corrected chi connectivity index (χ2v) is 6.35. The van der Waals surface area contributed by atoms with Crippen molar-refractivity contribution in [2.45, 2.75) is 19.8 Å². The number of carboxylic acid groups (broad SMARTS) is 1. The predicted octanol–water partition coefficient (Wildman–Crippen LogP) is 2.72. The Morgan fingerprint density at radius 3 is 2.75 bits per heavy atom. The summed E-state index contributed by atoms with van der Waals surface area (Å²) in [6, 6.07) is 3.60. The molecule has 1 fully saturated rings. The Morgan fingerprint density at radius 2 is 2.20 bits per heavy atom. The van der Waals surface area contributed by atoms with E-state index in [1.54, 1.807) is 12.3 Å². The van der Waals surface area contributed by atoms with Crippen LogP contribution in [-0.4, -0.2) is 26.2 Å². The first-order chi connectivity index (χ1) is 9.41. The fraction of sp³-hybridized carbons (Fsp3) is 0.385. The Balaban J connectivity index is 1.88. The van der Waals surface area contributed by atoms with E-state index in [1.807, 2.05) is 19.9 Å². The van der Waals surface area contributed by atoms with E-state index in [2.05, 4.69) is 31.1 Å². The third-order valence-electron chi connectivity index (χ3n) is 3.76. The topological polar surface area (TPSA) is 89.1 Å². The molecular formula is C13H12BrN3O3. The number of carboxylic acids is 1. The average Bonchev–Trinajstić information content (AvgIpc) is 2.74. The number of carbonyl (C=O) groups is 1. The van der Waals surface area contributed by atoms with E-state index in [0.29, 0.717) is 17.4 Å². The van der Waals surface area contributed by atoms with Crippen LogP contribution in [0.2, 0.25) is 0 Å². The van der Waals surface area contributed by atoms with Crippen LogP contribution in [-0.2, 0) is 4.79 Å². The van der Waals surface area contributed by atoms with E-state index in [9.17, 15) is 4.79 Å². The van der Waals surface area contributed by atoms with Crippen LogP contribution in [0.4, 0.5) is 0 Å². The molecule has 1 aliphatic carbocycles. The smallest absolute Gasteiger partial charge is 0.307 e. The van der Waals surface area contributed by atoms with Crippen LogP contribution < -0.4 is 0 Å². The van der Waals surface area contributed by atoms with Crippen LogP contribution in [0, 0.1) is 11.3 Å². The number of halogens is 1. The molecule has 0 aliphatic heterocycles. The first-order valence-corrected chi connectivity index (χ1v) is 6.89. The molecule has 7 heteroatoms. The highest BCUT2D eigenvalue weighted by atomic mass is 79.9. The number of aromatic nitrogens is 3. The van der Waals surface area contributed by atoms with E-state index in [1.165, 1.54) is 0 Å². The molecule has 0 bridgehead atoms. The Kier molecular flexibility index (Phi) is 2.89. The molecule has 2 aromatic heterocycles. The SMILES string of the molecule is CC1(C)C(C(=O)O)C1c1nc(-c2ccc(Br)cn2)no1. The second-order valence-electron chi connectivity index (χ2n) is 5.43. The van der Waals surface area contributed by atoms with Crippen molar-refractivity contribution < 1.29 is 14.4 Å². The largest absolute Gasteiger partial charge is 0.481 e. The number of nitrogens with zero attached hydrogens (tertiary/aromatic N) is 3. The van der Waals surface area contributed by atoms with Gasteiger partial charge in [-0.05, 0) is 33.5 Å². The van der Waals surface area contributed by atoms with Gasteiger partial charge in [0.15, 0.2) is 0 Å². The van der Waals surface area contributed by atoms with Crippen molar-refractivity contribution in [3.63, 3.8) is 0 Å². The highest BCUT2D eigenvalue weighted by Crippen LogP contribution is 2.64. The molecule has 104 valence electrons. The summed E-state index contributed by atoms with van der Waals surface area (Å²) in [7, 11) is 0. The van der Waals surface area contributed by atoms with E-state index in [-0.39, 0.29) is 11.3 Å². The Hall–Kier alpha value is -1.76. The summed E-state index contributed by atoms with van der Waals surface area (Å²) in [5.41, 5.74) is 0.233. The summed E-state index contributed by atoms with van der Waals surface area (Å²) in [5.74, 6) is -0.812. The zero-order valence-corrected chi connectivity index (χ0v) is 12.5. The van der Waals surface area contributed by atoms with Gasteiger partial charge in [-0.3, -0.25) is 9.78 Å². The third-order valence-corrected chi connectivity index (χ3v) is 4.23. The van der Waals surface area contributed by atoms with Gasteiger partial charge in [0.2, 0.25) is 11.7 Å². The molecule has 0 amide bonds. The second kappa shape index (κ2) is 4.37. The molecule has 2 heterocycles. The van der Waals surface area contributed by atoms with Crippen molar-refractivity contribution in [1.29, 1.82) is 0 Å². The fourth-order valence-electron chi connectivity index (χ4n) is 2.53. The lowest BCUT2D eigenvalue weighted by atomic mass is 10.1. The Bertz CT molecular complexity index is 666. The molecule has 0 saturated heterocycles. The quantitative estimate of drug-likeness (QED) is 0.926. The summed E-state index contributed by atoms with van der Waals surface area (Å²) in [5, 5.41) is 13.0. The summed E-state index contributed by atoms with van der Waals surface area (Å²) in [6.45, 7) is 3.77. The zero-order valence-electron chi connectivity index (χ0n) is 10.9. The molecule has 2 atom stereocenters. The fourth-order valence-corrected chi connectivity index (χ4v) is 2.77. The molecule has 3 rings (SSSR count). The standard InChI is InChI=1S/C13H12BrN3O3/c1-13(2)8(9(13)12(18)19)11-16-10(17-20-11)7-4-3-6(14)5-15-7/h3-5,8-9H,1-2H3,(H,18,19). The zero-order chi connectivity index (χ0) is 14.5. The van der Waals surface area contributed by atoms with Crippen molar-refractivity contribution in [3.05, 3.63) is 28.7 Å². The molecule has 0 spiro atoms. The van der Waals surface area contributed by atoms with Gasteiger partial charge in [0.25, 0.3) is 0 Å². The van der Waals surface area contributed by atoms with Crippen LogP contribution in [0.15, 0.2) is 27.3 Å². The molecule has 0 aromatic carbocycles. The Labute approximate surface area is 123 Å². The molecule has 20 heavy (non-hydrogen) atoms. The maximum Gasteiger partial charge on any atom is 0.307 e. The monoisotopic (exact) mass is 337 g/mol. The van der Waals surface area contributed by atoms with Crippen LogP contribution in [0.3, 0.4) is 0 Å². The minimum atomic E-state index is -0.832. The molecule has 1 saturated carbocycles. The van der Waals surface area contributed by atoms with Gasteiger partial charge < -0.3 is 9.63 Å². The Morgan fingerprint density at radius 1 is 1.45 bits per heavy atom. The van der Waals surface area contributed by atoms with Gasteiger partial charge in [-0.15, -0.1) is 0 Å². The molecule has 1 N–H and O–H groups in total. The molecule has 2 aromatic rings. The van der Waals surface area contributed by atoms with Crippen molar-refractivity contribution >= 4 is 21.9 Å². The number of rotatable bonds is 3. The van der Waals surface area contributed by atoms with E-state index < -0.39 is 11.9 Å². The van der Waals surface area contributed by atoms with Gasteiger partial charge in [-0.25, -0.2) is 0 Å². The highest BCUT2D eigenvalue weighted by Gasteiger charge is 2.65. The molecular weight excluding hydrogens is 326 g/mol. The van der Waals surface area contributed by atoms with Gasteiger partial charge in [-0.1, -0.05) is 19.0 Å². The third kappa shape index (κ3) is 2.02. The molecule has 1 aliphatic rings. The first-order valence-electron chi connectivity index (χ1n) is 6.09. The average molecular weight is 338 g/mol. The number of aliphatic carboxylic acids is 1. The van der Waals surface area contributed by atoms with Crippen molar-refractivity contribution in [1.82, 2.24) is 15.1 Å². The van der Waals surface area contributed by atoms with Gasteiger partial charge >= 0.3 is 5.97 Å². The van der Waals surface area contributed by atoms with Gasteiger partial charge in [-0.2, -0.15) is 4.98 Å². The van der Waals surface area contributed by atoms with Crippen LogP contribution in [0.25, 0.3) is 11.5 Å². The molecule has 6 nitrogen and oxygen atoms in total. The minimum Gasteiger partial charge on any atom is -0.481 e. The predicted molar refractivity (Wildman–Crippen MR) is 72.9 cm³/mol. The highest BCUT2D eigenvalue weighted by molar-refractivity contribution is 9.10. The lowest BCUT2D eigenvalue weighted by molar-refractivity contribution is -0.139. The maximum atomic E-state index is 11.2. The lowest BCUT2D eigenvalue weighted by Gasteiger charge is -1.96. The first kappa shape index (κ1) is 13.2. The summed E-state index contributed by atoms with van der Waals surface area (Å²) >= 11 is 3.30. The van der Waals surface area contributed by atoms with Crippen LogP contribution >= 0.6 is 15.9 Å². The van der Waals surface area contributed by atoms with E-state index >= 15 is 0 Å². The van der Waals surface area contributed by atoms with Gasteiger partial charge in [0.05, 0.1) is 11.8 Å². The lowest BCUT2D eigenvalue weighted by Crippen LogP contribution is -2.03. The normalized spacial score (nSPS) is 23.6. The summed E-state index contributed by atoms with van der Waals surface area (Å²) in [6.07, 6.45) is 1.65. The van der Waals surface area contributed by atoms with E-state index in [4.69, 9.17) is 9.63 Å². The van der Waals surface area contributed by atoms with Crippen LogP contribution in [0.5, 0.6) is 0 Å². The van der Waals surface area contributed by atoms with Crippen molar-refractivity contribution in [2.75, 3.05) is 0 Å². The van der Waals surface area contributed by atoms with Crippen LogP contribution in [0.1, 0.15) is 25.7 Å². The number of hydrogen-bond acceptors (Lipinski definition) is 5. The molecule has 2 unspecified atom stereocenters. The molecule has 0 radical (unpaired) electrons. The minimum absolute atomic E-state index is 0.239. The van der Waals surface area contributed by atoms with E-state index in [0.717, 1.165) is 4.47 Å². The number of hydrogen-bond donors (Lipinski definition) is 1. The van der Waals surface area contributed by atoms with Crippen molar-refractivity contribution in [2.24, 2.45) is 11.3 Å². The number of pyridine rings is 1. The summed E-state index contributed by atoms with van der Waals surface area (Å²) < 4.78 is 6.07. The van der Waals surface area contributed by atoms with Gasteiger partial charge in [0.1, 0.15) is 5.69 Å².